The Balaban J connectivity index is 1.36. The maximum Gasteiger partial charge on any atom is 0.243 e. The zero-order chi connectivity index (χ0) is 21.1. The van der Waals surface area contributed by atoms with Crippen molar-refractivity contribution in [2.75, 3.05) is 5.32 Å². The Morgan fingerprint density at radius 3 is 2.60 bits per heavy atom. The second-order valence-corrected chi connectivity index (χ2v) is 10.4. The van der Waals surface area contributed by atoms with Crippen LogP contribution in [0.1, 0.15) is 52.4 Å². The van der Waals surface area contributed by atoms with Crippen molar-refractivity contribution in [3.05, 3.63) is 36.4 Å². The van der Waals surface area contributed by atoms with Gasteiger partial charge in [0.05, 0.1) is 0 Å². The fraction of sp³-hybridized carbons (Fsp3) is 0.600. The first-order chi connectivity index (χ1) is 14.3. The highest BCUT2D eigenvalue weighted by atomic mass is 16.3. The standard InChI is InChI=1S/C25H32N2O3/c1-24-13-11-19-17(7-10-21-25(19,2)14-12-22(29)27-21)18(24)8-9-20(24)23(30)26-15-3-5-16(28)6-4-15/h3-6,12,14,17-21,28H,7-11,13H2,1-2H3,(H,26,30)(H,27,29)/t17-,18-,19-,20+,21+,24-,25+/m0/s1. The SMILES string of the molecule is C[C@]12C=CC(=O)N[C@@H]1CC[C@@H]1[C@@H]2CC[C@]2(C)[C@@H](C(=O)Nc3ccc(O)cc3)CC[C@@H]12. The minimum atomic E-state index is 0.0318. The second kappa shape index (κ2) is 6.86. The quantitative estimate of drug-likeness (QED) is 0.641. The second-order valence-electron chi connectivity index (χ2n) is 10.4. The van der Waals surface area contributed by atoms with Gasteiger partial charge in [-0.2, -0.15) is 0 Å². The molecule has 0 unspecified atom stereocenters. The van der Waals surface area contributed by atoms with Crippen molar-refractivity contribution < 1.29 is 14.7 Å². The van der Waals surface area contributed by atoms with Gasteiger partial charge in [0.2, 0.25) is 11.8 Å². The first-order valence-corrected chi connectivity index (χ1v) is 11.4. The smallest absolute Gasteiger partial charge is 0.243 e. The van der Waals surface area contributed by atoms with Gasteiger partial charge >= 0.3 is 0 Å². The van der Waals surface area contributed by atoms with Crippen LogP contribution in [0.5, 0.6) is 5.75 Å². The van der Waals surface area contributed by atoms with Gasteiger partial charge in [0.25, 0.3) is 0 Å². The van der Waals surface area contributed by atoms with Crippen molar-refractivity contribution in [1.29, 1.82) is 0 Å². The number of rotatable bonds is 2. The Morgan fingerprint density at radius 2 is 1.83 bits per heavy atom. The lowest BCUT2D eigenvalue weighted by molar-refractivity contribution is -0.129. The topological polar surface area (TPSA) is 78.4 Å². The summed E-state index contributed by atoms with van der Waals surface area (Å²) in [5.41, 5.74) is 0.812. The molecule has 5 rings (SSSR count). The van der Waals surface area contributed by atoms with Crippen molar-refractivity contribution in [2.45, 2.75) is 58.4 Å². The van der Waals surface area contributed by atoms with Crippen LogP contribution in [0.4, 0.5) is 5.69 Å². The van der Waals surface area contributed by atoms with Gasteiger partial charge in [-0.05, 0) is 92.0 Å². The highest BCUT2D eigenvalue weighted by Gasteiger charge is 2.60. The number of nitrogens with one attached hydrogen (secondary N) is 2. The Morgan fingerprint density at radius 1 is 1.07 bits per heavy atom. The molecule has 0 bridgehead atoms. The largest absolute Gasteiger partial charge is 0.508 e. The molecular weight excluding hydrogens is 376 g/mol. The summed E-state index contributed by atoms with van der Waals surface area (Å²) in [7, 11) is 0. The molecule has 1 aromatic rings. The predicted molar refractivity (Wildman–Crippen MR) is 116 cm³/mol. The molecule has 3 saturated carbocycles. The number of aromatic hydroxyl groups is 1. The molecule has 7 atom stereocenters. The van der Waals surface area contributed by atoms with Crippen molar-refractivity contribution in [3.63, 3.8) is 0 Å². The summed E-state index contributed by atoms with van der Waals surface area (Å²) in [5, 5.41) is 15.8. The normalized spacial score (nSPS) is 41.9. The third-order valence-corrected chi connectivity index (χ3v) is 9.14. The molecule has 1 aliphatic heterocycles. The molecule has 160 valence electrons. The Labute approximate surface area is 178 Å². The lowest BCUT2D eigenvalue weighted by Crippen LogP contribution is -2.59. The molecule has 30 heavy (non-hydrogen) atoms. The van der Waals surface area contributed by atoms with E-state index >= 15 is 0 Å². The molecule has 4 aliphatic rings. The van der Waals surface area contributed by atoms with Crippen LogP contribution in [0.25, 0.3) is 0 Å². The van der Waals surface area contributed by atoms with E-state index in [1.165, 1.54) is 0 Å². The maximum atomic E-state index is 13.2. The molecule has 5 nitrogen and oxygen atoms in total. The number of amides is 2. The molecule has 0 aromatic heterocycles. The van der Waals surface area contributed by atoms with Crippen LogP contribution in [-0.2, 0) is 9.59 Å². The van der Waals surface area contributed by atoms with Crippen molar-refractivity contribution >= 4 is 17.5 Å². The Hall–Kier alpha value is -2.30. The number of hydrogen-bond donors (Lipinski definition) is 3. The van der Waals surface area contributed by atoms with Gasteiger partial charge in [-0.15, -0.1) is 0 Å². The van der Waals surface area contributed by atoms with Gasteiger partial charge in [-0.3, -0.25) is 9.59 Å². The lowest BCUT2D eigenvalue weighted by atomic mass is 9.48. The summed E-state index contributed by atoms with van der Waals surface area (Å²) in [6, 6.07) is 6.97. The molecule has 1 aromatic carbocycles. The van der Waals surface area contributed by atoms with Crippen LogP contribution in [0.15, 0.2) is 36.4 Å². The van der Waals surface area contributed by atoms with E-state index in [0.29, 0.717) is 17.8 Å². The van der Waals surface area contributed by atoms with Gasteiger partial charge in [-0.25, -0.2) is 0 Å². The molecule has 3 fully saturated rings. The molecule has 2 amide bonds. The van der Waals surface area contributed by atoms with Crippen LogP contribution in [-0.4, -0.2) is 23.0 Å². The fourth-order valence-corrected chi connectivity index (χ4v) is 7.54. The van der Waals surface area contributed by atoms with Gasteiger partial charge in [-0.1, -0.05) is 19.9 Å². The third-order valence-electron chi connectivity index (χ3n) is 9.14. The van der Waals surface area contributed by atoms with Crippen molar-refractivity contribution in [1.82, 2.24) is 5.32 Å². The summed E-state index contributed by atoms with van der Waals surface area (Å²) >= 11 is 0. The average Bonchev–Trinajstić information content (AvgIpc) is 3.07. The zero-order valence-corrected chi connectivity index (χ0v) is 17.9. The molecule has 0 spiro atoms. The fourth-order valence-electron chi connectivity index (χ4n) is 7.54. The van der Waals surface area contributed by atoms with Gasteiger partial charge < -0.3 is 15.7 Å². The third kappa shape index (κ3) is 2.89. The number of phenolic OH excluding ortho intramolecular Hbond substituents is 1. The summed E-state index contributed by atoms with van der Waals surface area (Å²) in [6.45, 7) is 4.67. The van der Waals surface area contributed by atoms with Gasteiger partial charge in [0.15, 0.2) is 0 Å². The van der Waals surface area contributed by atoms with Crippen molar-refractivity contribution in [3.8, 4) is 5.75 Å². The van der Waals surface area contributed by atoms with Gasteiger partial charge in [0.1, 0.15) is 5.75 Å². The van der Waals surface area contributed by atoms with Crippen LogP contribution in [0, 0.1) is 34.5 Å². The van der Waals surface area contributed by atoms with E-state index in [-0.39, 0.29) is 40.4 Å². The van der Waals surface area contributed by atoms with Crippen LogP contribution in [0.3, 0.4) is 0 Å². The van der Waals surface area contributed by atoms with E-state index in [1.807, 2.05) is 0 Å². The molecule has 3 aliphatic carbocycles. The number of phenols is 1. The Bertz CT molecular complexity index is 894. The maximum absolute atomic E-state index is 13.2. The van der Waals surface area contributed by atoms with Gasteiger partial charge in [0, 0.05) is 23.1 Å². The number of carbonyl (C=O) groups is 2. The van der Waals surface area contributed by atoms with Crippen molar-refractivity contribution in [2.24, 2.45) is 34.5 Å². The van der Waals surface area contributed by atoms with E-state index < -0.39 is 0 Å². The van der Waals surface area contributed by atoms with E-state index in [0.717, 1.165) is 44.2 Å². The Kier molecular flexibility index (Phi) is 4.49. The number of fused-ring (bicyclic) bond motifs is 5. The molecular formula is C25H32N2O3. The molecule has 5 heteroatoms. The monoisotopic (exact) mass is 408 g/mol. The van der Waals surface area contributed by atoms with Crippen LogP contribution in [0.2, 0.25) is 0 Å². The summed E-state index contributed by atoms with van der Waals surface area (Å²) in [4.78, 5) is 25.1. The molecule has 1 heterocycles. The number of benzene rings is 1. The number of hydrogen-bond acceptors (Lipinski definition) is 3. The van der Waals surface area contributed by atoms with E-state index in [4.69, 9.17) is 0 Å². The van der Waals surface area contributed by atoms with E-state index in [2.05, 4.69) is 30.6 Å². The van der Waals surface area contributed by atoms with E-state index in [1.54, 1.807) is 30.3 Å². The van der Waals surface area contributed by atoms with E-state index in [9.17, 15) is 14.7 Å². The number of carbonyl (C=O) groups excluding carboxylic acids is 2. The average molecular weight is 409 g/mol. The highest BCUT2D eigenvalue weighted by molar-refractivity contribution is 5.93. The lowest BCUT2D eigenvalue weighted by Gasteiger charge is -2.58. The summed E-state index contributed by atoms with van der Waals surface area (Å²) in [5.74, 6) is 2.16. The minimum Gasteiger partial charge on any atom is -0.508 e. The zero-order valence-electron chi connectivity index (χ0n) is 17.9. The van der Waals surface area contributed by atoms with Crippen LogP contribution < -0.4 is 10.6 Å². The molecule has 0 saturated heterocycles. The minimum absolute atomic E-state index is 0.0318. The predicted octanol–water partition coefficient (Wildman–Crippen LogP) is 4.24. The van der Waals surface area contributed by atoms with Crippen LogP contribution >= 0.6 is 0 Å². The first-order valence-electron chi connectivity index (χ1n) is 11.4. The number of anilines is 1. The molecule has 3 N–H and O–H groups in total. The summed E-state index contributed by atoms with van der Waals surface area (Å²) in [6.07, 6.45) is 10.3. The first kappa shape index (κ1) is 19.7. The highest BCUT2D eigenvalue weighted by Crippen LogP contribution is 2.65. The summed E-state index contributed by atoms with van der Waals surface area (Å²) < 4.78 is 0. The molecule has 0 radical (unpaired) electrons.